The van der Waals surface area contributed by atoms with Gasteiger partial charge in [-0.1, -0.05) is 76.9 Å². The van der Waals surface area contributed by atoms with Crippen molar-refractivity contribution in [3.8, 4) is 5.75 Å². The van der Waals surface area contributed by atoms with Crippen molar-refractivity contribution in [2.24, 2.45) is 0 Å². The first-order chi connectivity index (χ1) is 17.7. The average molecular weight is 501 g/mol. The molecule has 0 radical (unpaired) electrons. The molecule has 0 aliphatic rings. The fourth-order valence-electron chi connectivity index (χ4n) is 3.95. The quantitative estimate of drug-likeness (QED) is 0.207. The molecule has 37 heavy (non-hydrogen) atoms. The molecule has 3 nitrogen and oxygen atoms in total. The minimum Gasteiger partial charge on any atom is -0.508 e. The van der Waals surface area contributed by atoms with Crippen LogP contribution in [0.15, 0.2) is 95.1 Å². The van der Waals surface area contributed by atoms with Gasteiger partial charge in [0.1, 0.15) is 12.4 Å². The number of hydrogen-bond donors (Lipinski definition) is 1. The molecule has 0 saturated heterocycles. The fraction of sp³-hybridized carbons (Fsp3) is 0.382. The molecule has 2 aromatic rings. The lowest BCUT2D eigenvalue weighted by Gasteiger charge is -2.08. The highest BCUT2D eigenvalue weighted by Gasteiger charge is 2.10. The van der Waals surface area contributed by atoms with E-state index < -0.39 is 0 Å². The van der Waals surface area contributed by atoms with Crippen molar-refractivity contribution in [2.45, 2.75) is 86.2 Å². The number of phenols is 1. The lowest BCUT2D eigenvalue weighted by Crippen LogP contribution is -2.05. The molecule has 0 atom stereocenters. The first kappa shape index (κ1) is 29.9. The van der Waals surface area contributed by atoms with Gasteiger partial charge >= 0.3 is 5.97 Å². The van der Waals surface area contributed by atoms with Crippen LogP contribution < -0.4 is 0 Å². The van der Waals surface area contributed by atoms with Gasteiger partial charge in [0, 0.05) is 0 Å². The van der Waals surface area contributed by atoms with E-state index in [2.05, 4.69) is 58.9 Å². The molecule has 3 heteroatoms. The van der Waals surface area contributed by atoms with Crippen LogP contribution in [0.1, 0.15) is 94.6 Å². The third-order valence-electron chi connectivity index (χ3n) is 6.35. The number of phenolic OH excluding ortho intramolecular Hbond substituents is 1. The molecule has 0 heterocycles. The van der Waals surface area contributed by atoms with Gasteiger partial charge in [-0.25, -0.2) is 4.79 Å². The molecule has 0 aromatic heterocycles. The van der Waals surface area contributed by atoms with E-state index in [-0.39, 0.29) is 18.3 Å². The van der Waals surface area contributed by atoms with Crippen LogP contribution in [0.2, 0.25) is 0 Å². The van der Waals surface area contributed by atoms with Crippen molar-refractivity contribution < 1.29 is 14.6 Å². The number of benzene rings is 2. The van der Waals surface area contributed by atoms with Gasteiger partial charge in [-0.15, -0.1) is 0 Å². The summed E-state index contributed by atoms with van der Waals surface area (Å²) in [5.41, 5.74) is 7.69. The van der Waals surface area contributed by atoms with Gasteiger partial charge in [0.15, 0.2) is 0 Å². The highest BCUT2D eigenvalue weighted by molar-refractivity contribution is 5.89. The Morgan fingerprint density at radius 3 is 1.92 bits per heavy atom. The van der Waals surface area contributed by atoms with Crippen molar-refractivity contribution in [2.75, 3.05) is 0 Å². The molecule has 2 aromatic carbocycles. The van der Waals surface area contributed by atoms with Crippen LogP contribution in [-0.2, 0) is 17.8 Å². The molecule has 0 bridgehead atoms. The van der Waals surface area contributed by atoms with Crippen LogP contribution in [0.3, 0.4) is 0 Å². The highest BCUT2D eigenvalue weighted by atomic mass is 16.5. The molecule has 0 fully saturated rings. The van der Waals surface area contributed by atoms with Crippen LogP contribution in [0, 0.1) is 0 Å². The summed E-state index contributed by atoms with van der Waals surface area (Å²) in [4.78, 5) is 12.5. The fourth-order valence-corrected chi connectivity index (χ4v) is 3.95. The number of allylic oxidation sites excluding steroid dienone is 8. The van der Waals surface area contributed by atoms with Gasteiger partial charge in [0.25, 0.3) is 0 Å². The lowest BCUT2D eigenvalue weighted by atomic mass is 10.0. The minimum absolute atomic E-state index is 0.198. The van der Waals surface area contributed by atoms with E-state index in [0.29, 0.717) is 12.0 Å². The van der Waals surface area contributed by atoms with E-state index in [0.717, 1.165) is 49.7 Å². The maximum atomic E-state index is 12.5. The van der Waals surface area contributed by atoms with Gasteiger partial charge in [0.05, 0.1) is 5.56 Å². The standard InChI is InChI=1S/C34H44O3/c1-26(2)12-9-13-27(3)14-10-15-28(4)16-11-17-29(5)20-21-31-24-32(22-23-33(31)35)34(36)37-25-30-18-7-6-8-19-30/h6-8,12,14,16,18-20,22-24,35H,9-11,13,15,17,21,25H2,1-5H3. The molecule has 198 valence electrons. The largest absolute Gasteiger partial charge is 0.508 e. The summed E-state index contributed by atoms with van der Waals surface area (Å²) < 4.78 is 5.43. The Morgan fingerprint density at radius 1 is 0.757 bits per heavy atom. The van der Waals surface area contributed by atoms with Crippen LogP contribution in [0.4, 0.5) is 0 Å². The Hall–Kier alpha value is -3.33. The second kappa shape index (κ2) is 16.4. The molecule has 0 amide bonds. The Morgan fingerprint density at radius 2 is 1.32 bits per heavy atom. The van der Waals surface area contributed by atoms with Crippen LogP contribution >= 0.6 is 0 Å². The normalized spacial score (nSPS) is 12.4. The molecular formula is C34H44O3. The first-order valence-electron chi connectivity index (χ1n) is 13.4. The molecular weight excluding hydrogens is 456 g/mol. The van der Waals surface area contributed by atoms with Crippen molar-refractivity contribution in [1.29, 1.82) is 0 Å². The maximum absolute atomic E-state index is 12.5. The van der Waals surface area contributed by atoms with Gasteiger partial charge < -0.3 is 9.84 Å². The van der Waals surface area contributed by atoms with Crippen molar-refractivity contribution in [1.82, 2.24) is 0 Å². The van der Waals surface area contributed by atoms with Gasteiger partial charge in [-0.05, 0) is 109 Å². The summed E-state index contributed by atoms with van der Waals surface area (Å²) in [6, 6.07) is 14.5. The van der Waals surface area contributed by atoms with Crippen LogP contribution in [-0.4, -0.2) is 11.1 Å². The molecule has 0 spiro atoms. The van der Waals surface area contributed by atoms with Crippen molar-refractivity contribution in [3.63, 3.8) is 0 Å². The number of aromatic hydroxyl groups is 1. The van der Waals surface area contributed by atoms with Gasteiger partial charge in [0.2, 0.25) is 0 Å². The molecule has 0 aliphatic heterocycles. The SMILES string of the molecule is CC(C)=CCCC(C)=CCCC(C)=CCCC(C)=CCc1cc(C(=O)OCc2ccccc2)ccc1O. The van der Waals surface area contributed by atoms with Crippen LogP contribution in [0.25, 0.3) is 0 Å². The summed E-state index contributed by atoms with van der Waals surface area (Å²) in [5, 5.41) is 10.3. The maximum Gasteiger partial charge on any atom is 0.338 e. The zero-order valence-electron chi connectivity index (χ0n) is 23.3. The molecule has 0 aliphatic carbocycles. The Kier molecular flexibility index (Phi) is 13.3. The van der Waals surface area contributed by atoms with E-state index in [1.165, 1.54) is 22.3 Å². The number of hydrogen-bond acceptors (Lipinski definition) is 3. The van der Waals surface area contributed by atoms with Crippen LogP contribution in [0.5, 0.6) is 5.75 Å². The highest BCUT2D eigenvalue weighted by Crippen LogP contribution is 2.22. The number of rotatable bonds is 14. The van der Waals surface area contributed by atoms with E-state index in [9.17, 15) is 9.90 Å². The predicted octanol–water partition coefficient (Wildman–Crippen LogP) is 9.44. The third kappa shape index (κ3) is 12.5. The van der Waals surface area contributed by atoms with Gasteiger partial charge in [-0.3, -0.25) is 0 Å². The summed E-state index contributed by atoms with van der Waals surface area (Å²) in [6.45, 7) is 11.1. The molecule has 1 N–H and O–H groups in total. The van der Waals surface area contributed by atoms with E-state index >= 15 is 0 Å². The monoisotopic (exact) mass is 500 g/mol. The Balaban J connectivity index is 1.79. The minimum atomic E-state index is -0.385. The lowest BCUT2D eigenvalue weighted by molar-refractivity contribution is 0.0472. The Labute approximate surface area is 224 Å². The van der Waals surface area contributed by atoms with E-state index in [1.54, 1.807) is 18.2 Å². The molecule has 0 unspecified atom stereocenters. The van der Waals surface area contributed by atoms with E-state index in [4.69, 9.17) is 4.74 Å². The first-order valence-corrected chi connectivity index (χ1v) is 13.4. The number of carbonyl (C=O) groups excluding carboxylic acids is 1. The molecule has 2 rings (SSSR count). The molecule has 0 saturated carbocycles. The summed E-state index contributed by atoms with van der Waals surface area (Å²) in [5.74, 6) is -0.187. The second-order valence-electron chi connectivity index (χ2n) is 10.2. The topological polar surface area (TPSA) is 46.5 Å². The summed E-state index contributed by atoms with van der Waals surface area (Å²) in [7, 11) is 0. The van der Waals surface area contributed by atoms with Crippen molar-refractivity contribution >= 4 is 5.97 Å². The zero-order valence-corrected chi connectivity index (χ0v) is 23.3. The summed E-state index contributed by atoms with van der Waals surface area (Å²) in [6.07, 6.45) is 16.2. The Bertz CT molecular complexity index is 1110. The predicted molar refractivity (Wildman–Crippen MR) is 156 cm³/mol. The third-order valence-corrected chi connectivity index (χ3v) is 6.35. The smallest absolute Gasteiger partial charge is 0.338 e. The number of carbonyl (C=O) groups is 1. The average Bonchev–Trinajstić information content (AvgIpc) is 2.87. The zero-order chi connectivity index (χ0) is 27.0. The van der Waals surface area contributed by atoms with E-state index in [1.807, 2.05) is 30.3 Å². The number of esters is 1. The number of ether oxygens (including phenoxy) is 1. The van der Waals surface area contributed by atoms with Crippen molar-refractivity contribution in [3.05, 3.63) is 112 Å². The summed E-state index contributed by atoms with van der Waals surface area (Å²) >= 11 is 0. The van der Waals surface area contributed by atoms with Gasteiger partial charge in [-0.2, -0.15) is 0 Å². The second-order valence-corrected chi connectivity index (χ2v) is 10.2.